The minimum Gasteiger partial charge on any atom is -0.392 e. The Hall–Kier alpha value is -1.09. The van der Waals surface area contributed by atoms with Crippen molar-refractivity contribution in [2.24, 2.45) is 0 Å². The molecule has 0 spiro atoms. The van der Waals surface area contributed by atoms with Crippen molar-refractivity contribution in [2.75, 3.05) is 11.9 Å². The van der Waals surface area contributed by atoms with Gasteiger partial charge in [0.05, 0.1) is 6.10 Å². The Kier molecular flexibility index (Phi) is 3.05. The van der Waals surface area contributed by atoms with E-state index in [1.807, 2.05) is 19.1 Å². The molecular formula is C9H14N2O. The first kappa shape index (κ1) is 9.00. The number of aryl methyl sites for hydroxylation is 1. The minimum atomic E-state index is -0.321. The van der Waals surface area contributed by atoms with Gasteiger partial charge >= 0.3 is 0 Å². The lowest BCUT2D eigenvalue weighted by atomic mass is 10.3. The Morgan fingerprint density at radius 2 is 2.42 bits per heavy atom. The van der Waals surface area contributed by atoms with Crippen molar-refractivity contribution in [3.8, 4) is 0 Å². The standard InChI is InChI=1S/C9H14N2O/c1-7-5-9(3-4-10-7)11-6-8(2)12/h3-5,8,12H,6H2,1-2H3,(H,10,11). The fourth-order valence-electron chi connectivity index (χ4n) is 0.921. The van der Waals surface area contributed by atoms with Gasteiger partial charge in [-0.3, -0.25) is 4.98 Å². The predicted molar refractivity (Wildman–Crippen MR) is 49.1 cm³/mol. The largest absolute Gasteiger partial charge is 0.392 e. The van der Waals surface area contributed by atoms with Crippen LogP contribution in [0.5, 0.6) is 0 Å². The molecule has 2 N–H and O–H groups in total. The molecule has 1 heterocycles. The summed E-state index contributed by atoms with van der Waals surface area (Å²) in [5.74, 6) is 0. The van der Waals surface area contributed by atoms with Crippen LogP contribution in [0.4, 0.5) is 5.69 Å². The average Bonchev–Trinajstić information content (AvgIpc) is 2.01. The molecule has 3 nitrogen and oxygen atoms in total. The molecular weight excluding hydrogens is 152 g/mol. The zero-order valence-electron chi connectivity index (χ0n) is 7.41. The van der Waals surface area contributed by atoms with E-state index in [9.17, 15) is 0 Å². The van der Waals surface area contributed by atoms with Crippen LogP contribution in [0.25, 0.3) is 0 Å². The lowest BCUT2D eigenvalue weighted by molar-refractivity contribution is 0.208. The smallest absolute Gasteiger partial charge is 0.0684 e. The molecule has 12 heavy (non-hydrogen) atoms. The highest BCUT2D eigenvalue weighted by atomic mass is 16.3. The van der Waals surface area contributed by atoms with Gasteiger partial charge in [0.25, 0.3) is 0 Å². The van der Waals surface area contributed by atoms with Gasteiger partial charge in [-0.05, 0) is 26.0 Å². The molecule has 0 aliphatic carbocycles. The second kappa shape index (κ2) is 4.07. The van der Waals surface area contributed by atoms with Crippen molar-refractivity contribution < 1.29 is 5.11 Å². The zero-order valence-corrected chi connectivity index (χ0v) is 7.41. The quantitative estimate of drug-likeness (QED) is 0.708. The number of aromatic nitrogens is 1. The molecule has 1 aromatic rings. The third-order valence-electron chi connectivity index (χ3n) is 1.50. The summed E-state index contributed by atoms with van der Waals surface area (Å²) in [6.45, 7) is 4.26. The molecule has 0 bridgehead atoms. The van der Waals surface area contributed by atoms with E-state index in [2.05, 4.69) is 10.3 Å². The van der Waals surface area contributed by atoms with Crippen molar-refractivity contribution in [2.45, 2.75) is 20.0 Å². The topological polar surface area (TPSA) is 45.1 Å². The average molecular weight is 166 g/mol. The molecule has 0 saturated carbocycles. The van der Waals surface area contributed by atoms with Gasteiger partial charge in [0.1, 0.15) is 0 Å². The number of aliphatic hydroxyl groups is 1. The van der Waals surface area contributed by atoms with E-state index in [1.165, 1.54) is 0 Å². The van der Waals surface area contributed by atoms with Gasteiger partial charge in [-0.2, -0.15) is 0 Å². The van der Waals surface area contributed by atoms with Crippen molar-refractivity contribution >= 4 is 5.69 Å². The van der Waals surface area contributed by atoms with Gasteiger partial charge in [-0.25, -0.2) is 0 Å². The van der Waals surface area contributed by atoms with E-state index in [4.69, 9.17) is 5.11 Å². The third-order valence-corrected chi connectivity index (χ3v) is 1.50. The van der Waals surface area contributed by atoms with Gasteiger partial charge < -0.3 is 10.4 Å². The molecule has 0 aromatic carbocycles. The van der Waals surface area contributed by atoms with Gasteiger partial charge in [-0.15, -0.1) is 0 Å². The summed E-state index contributed by atoms with van der Waals surface area (Å²) in [5, 5.41) is 12.1. The van der Waals surface area contributed by atoms with E-state index in [0.29, 0.717) is 6.54 Å². The van der Waals surface area contributed by atoms with Crippen LogP contribution in [-0.2, 0) is 0 Å². The maximum atomic E-state index is 9.00. The number of hydrogen-bond donors (Lipinski definition) is 2. The molecule has 1 atom stereocenters. The fraction of sp³-hybridized carbons (Fsp3) is 0.444. The summed E-state index contributed by atoms with van der Waals surface area (Å²) in [6.07, 6.45) is 1.43. The number of nitrogens with zero attached hydrogens (tertiary/aromatic N) is 1. The molecule has 3 heteroatoms. The van der Waals surface area contributed by atoms with Crippen LogP contribution >= 0.6 is 0 Å². The first-order chi connectivity index (χ1) is 5.68. The van der Waals surface area contributed by atoms with Gasteiger partial charge in [0.2, 0.25) is 0 Å². The second-order valence-corrected chi connectivity index (χ2v) is 2.92. The maximum absolute atomic E-state index is 9.00. The minimum absolute atomic E-state index is 0.321. The molecule has 0 aliphatic rings. The number of nitrogens with one attached hydrogen (secondary N) is 1. The molecule has 1 rings (SSSR count). The Morgan fingerprint density at radius 3 is 3.00 bits per heavy atom. The van der Waals surface area contributed by atoms with Gasteiger partial charge in [0, 0.05) is 24.1 Å². The number of aliphatic hydroxyl groups excluding tert-OH is 1. The van der Waals surface area contributed by atoms with E-state index < -0.39 is 0 Å². The Morgan fingerprint density at radius 1 is 1.67 bits per heavy atom. The molecule has 0 aliphatic heterocycles. The molecule has 0 amide bonds. The number of rotatable bonds is 3. The second-order valence-electron chi connectivity index (χ2n) is 2.92. The van der Waals surface area contributed by atoms with Gasteiger partial charge in [0.15, 0.2) is 0 Å². The maximum Gasteiger partial charge on any atom is 0.0684 e. The Bertz CT molecular complexity index is 248. The van der Waals surface area contributed by atoms with E-state index in [1.54, 1.807) is 13.1 Å². The first-order valence-electron chi connectivity index (χ1n) is 4.03. The summed E-state index contributed by atoms with van der Waals surface area (Å²) in [5.41, 5.74) is 1.98. The van der Waals surface area contributed by atoms with E-state index in [-0.39, 0.29) is 6.10 Å². The van der Waals surface area contributed by atoms with Crippen LogP contribution in [0.1, 0.15) is 12.6 Å². The molecule has 66 valence electrons. The lowest BCUT2D eigenvalue weighted by Crippen LogP contribution is -2.15. The molecule has 0 saturated heterocycles. The first-order valence-corrected chi connectivity index (χ1v) is 4.03. The molecule has 0 radical (unpaired) electrons. The lowest BCUT2D eigenvalue weighted by Gasteiger charge is -2.07. The van der Waals surface area contributed by atoms with Crippen LogP contribution < -0.4 is 5.32 Å². The number of hydrogen-bond acceptors (Lipinski definition) is 3. The molecule has 0 fully saturated rings. The summed E-state index contributed by atoms with van der Waals surface area (Å²) in [6, 6.07) is 3.83. The third kappa shape index (κ3) is 2.88. The van der Waals surface area contributed by atoms with Crippen LogP contribution in [-0.4, -0.2) is 22.7 Å². The summed E-state index contributed by atoms with van der Waals surface area (Å²) in [7, 11) is 0. The van der Waals surface area contributed by atoms with Crippen LogP contribution in [0.15, 0.2) is 18.3 Å². The summed E-state index contributed by atoms with van der Waals surface area (Å²) < 4.78 is 0. The summed E-state index contributed by atoms with van der Waals surface area (Å²) in [4.78, 5) is 4.06. The highest BCUT2D eigenvalue weighted by Gasteiger charge is 1.95. The normalized spacial score (nSPS) is 12.6. The number of pyridine rings is 1. The van der Waals surface area contributed by atoms with Crippen LogP contribution in [0, 0.1) is 6.92 Å². The van der Waals surface area contributed by atoms with Crippen LogP contribution in [0.2, 0.25) is 0 Å². The monoisotopic (exact) mass is 166 g/mol. The van der Waals surface area contributed by atoms with Crippen molar-refractivity contribution in [3.05, 3.63) is 24.0 Å². The number of anilines is 1. The van der Waals surface area contributed by atoms with Crippen molar-refractivity contribution in [1.82, 2.24) is 4.98 Å². The van der Waals surface area contributed by atoms with Crippen molar-refractivity contribution in [1.29, 1.82) is 0 Å². The highest BCUT2D eigenvalue weighted by Crippen LogP contribution is 2.06. The summed E-state index contributed by atoms with van der Waals surface area (Å²) >= 11 is 0. The fourth-order valence-corrected chi connectivity index (χ4v) is 0.921. The SMILES string of the molecule is Cc1cc(NCC(C)O)ccn1. The van der Waals surface area contributed by atoms with E-state index in [0.717, 1.165) is 11.4 Å². The van der Waals surface area contributed by atoms with Gasteiger partial charge in [-0.1, -0.05) is 0 Å². The predicted octanol–water partition coefficient (Wildman–Crippen LogP) is 1.18. The van der Waals surface area contributed by atoms with E-state index >= 15 is 0 Å². The van der Waals surface area contributed by atoms with Crippen LogP contribution in [0.3, 0.4) is 0 Å². The Labute approximate surface area is 72.5 Å². The zero-order chi connectivity index (χ0) is 8.97. The highest BCUT2D eigenvalue weighted by molar-refractivity contribution is 5.42. The molecule has 1 aromatic heterocycles. The Balaban J connectivity index is 2.52. The van der Waals surface area contributed by atoms with Crippen molar-refractivity contribution in [3.63, 3.8) is 0 Å². The molecule has 1 unspecified atom stereocenters.